The lowest BCUT2D eigenvalue weighted by Crippen LogP contribution is -2.21. The van der Waals surface area contributed by atoms with Crippen molar-refractivity contribution < 1.29 is 36.3 Å². The second-order valence-corrected chi connectivity index (χ2v) is 10.5. The number of aliphatic carboxylic acids is 1. The van der Waals surface area contributed by atoms with Gasteiger partial charge in [-0.05, 0) is 43.3 Å². The van der Waals surface area contributed by atoms with Crippen LogP contribution in [0.25, 0.3) is 16.8 Å². The molecular formula is C26H23F3N6O5S. The molecule has 4 rings (SSSR count). The molecule has 0 bridgehead atoms. The van der Waals surface area contributed by atoms with Crippen LogP contribution in [0.4, 0.5) is 19.0 Å². The molecule has 11 nitrogen and oxygen atoms in total. The maximum atomic E-state index is 13.0. The van der Waals surface area contributed by atoms with E-state index in [1.54, 1.807) is 73.7 Å². The minimum atomic E-state index is -5.08. The van der Waals surface area contributed by atoms with Crippen molar-refractivity contribution in [2.24, 2.45) is 5.73 Å². The van der Waals surface area contributed by atoms with Gasteiger partial charge in [-0.25, -0.2) is 22.9 Å². The van der Waals surface area contributed by atoms with E-state index in [2.05, 4.69) is 15.4 Å². The van der Waals surface area contributed by atoms with Crippen LogP contribution in [0.3, 0.4) is 0 Å². The van der Waals surface area contributed by atoms with Gasteiger partial charge in [-0.3, -0.25) is 10.2 Å². The zero-order valence-electron chi connectivity index (χ0n) is 21.5. The average molecular weight is 589 g/mol. The number of anilines is 1. The number of carboxylic acids is 1. The van der Waals surface area contributed by atoms with Gasteiger partial charge in [0.25, 0.3) is 5.91 Å². The number of carbonyl (C=O) groups excluding carboxylic acids is 1. The maximum Gasteiger partial charge on any atom is 0.490 e. The van der Waals surface area contributed by atoms with Gasteiger partial charge in [-0.2, -0.15) is 18.3 Å². The Morgan fingerprint density at radius 1 is 1.05 bits per heavy atom. The Hall–Kier alpha value is -5.05. The summed E-state index contributed by atoms with van der Waals surface area (Å²) in [6, 6.07) is 18.5. The number of carbonyl (C=O) groups is 2. The lowest BCUT2D eigenvalue weighted by atomic mass is 10.1. The Labute approximate surface area is 231 Å². The molecule has 0 fully saturated rings. The third kappa shape index (κ3) is 7.76. The monoisotopic (exact) mass is 588 g/mol. The minimum absolute atomic E-state index is 0.0848. The molecule has 0 atom stereocenters. The van der Waals surface area contributed by atoms with E-state index >= 15 is 0 Å². The summed E-state index contributed by atoms with van der Waals surface area (Å²) in [4.78, 5) is 26.4. The number of halogens is 3. The number of nitrogens with one attached hydrogen (secondary N) is 2. The fraction of sp³-hybridized carbons (Fsp3) is 0.115. The third-order valence-corrected chi connectivity index (χ3v) is 6.47. The summed E-state index contributed by atoms with van der Waals surface area (Å²) in [6.45, 7) is 1.77. The molecule has 41 heavy (non-hydrogen) atoms. The van der Waals surface area contributed by atoms with E-state index in [0.717, 1.165) is 6.26 Å². The van der Waals surface area contributed by atoms with Gasteiger partial charge in [-0.15, -0.1) is 0 Å². The molecule has 2 aromatic heterocycles. The smallest absolute Gasteiger partial charge is 0.475 e. The molecule has 0 saturated heterocycles. The summed E-state index contributed by atoms with van der Waals surface area (Å²) >= 11 is 0. The number of amides is 1. The first kappa shape index (κ1) is 30.5. The van der Waals surface area contributed by atoms with Crippen molar-refractivity contribution in [2.75, 3.05) is 11.6 Å². The highest BCUT2D eigenvalue weighted by Gasteiger charge is 2.38. The molecule has 0 aliphatic rings. The highest BCUT2D eigenvalue weighted by atomic mass is 32.2. The van der Waals surface area contributed by atoms with Crippen molar-refractivity contribution in [2.45, 2.75) is 18.0 Å². The molecule has 1 amide bonds. The summed E-state index contributed by atoms with van der Waals surface area (Å²) in [7, 11) is -3.41. The Bertz CT molecular complexity index is 1720. The number of amidine groups is 1. The van der Waals surface area contributed by atoms with Gasteiger partial charge in [0.15, 0.2) is 9.84 Å². The Morgan fingerprint density at radius 3 is 2.27 bits per heavy atom. The van der Waals surface area contributed by atoms with E-state index < -0.39 is 27.9 Å². The van der Waals surface area contributed by atoms with Gasteiger partial charge in [0.05, 0.1) is 16.3 Å². The van der Waals surface area contributed by atoms with Crippen LogP contribution in [0.2, 0.25) is 0 Å². The zero-order valence-corrected chi connectivity index (χ0v) is 22.3. The molecule has 0 aliphatic heterocycles. The van der Waals surface area contributed by atoms with E-state index in [9.17, 15) is 26.4 Å². The molecule has 2 aromatic carbocycles. The summed E-state index contributed by atoms with van der Waals surface area (Å²) in [6.07, 6.45) is -2.41. The van der Waals surface area contributed by atoms with E-state index in [0.29, 0.717) is 33.9 Å². The Morgan fingerprint density at radius 2 is 1.71 bits per heavy atom. The predicted octanol–water partition coefficient (Wildman–Crippen LogP) is 3.82. The number of rotatable bonds is 6. The second-order valence-electron chi connectivity index (χ2n) is 8.50. The number of hydrogen-bond acceptors (Lipinski definition) is 7. The fourth-order valence-electron chi connectivity index (χ4n) is 3.50. The molecule has 0 aliphatic carbocycles. The fourth-order valence-corrected chi connectivity index (χ4v) is 4.41. The minimum Gasteiger partial charge on any atom is -0.475 e. The highest BCUT2D eigenvalue weighted by molar-refractivity contribution is 7.90. The molecule has 0 unspecified atom stereocenters. The van der Waals surface area contributed by atoms with Gasteiger partial charge in [0, 0.05) is 29.1 Å². The predicted molar refractivity (Wildman–Crippen MR) is 144 cm³/mol. The molecule has 15 heteroatoms. The molecule has 0 saturated carbocycles. The van der Waals surface area contributed by atoms with Gasteiger partial charge in [0.2, 0.25) is 0 Å². The molecule has 0 spiro atoms. The number of alkyl halides is 3. The summed E-state index contributed by atoms with van der Waals surface area (Å²) in [5.41, 5.74) is 8.76. The Kier molecular flexibility index (Phi) is 8.92. The lowest BCUT2D eigenvalue weighted by molar-refractivity contribution is -0.192. The molecule has 2 heterocycles. The lowest BCUT2D eigenvalue weighted by Gasteiger charge is -2.10. The first-order valence-corrected chi connectivity index (χ1v) is 13.4. The molecule has 214 valence electrons. The van der Waals surface area contributed by atoms with Crippen LogP contribution in [-0.2, 0) is 14.6 Å². The van der Waals surface area contributed by atoms with Crippen molar-refractivity contribution in [3.8, 4) is 16.8 Å². The number of carboxylic acid groups (broad SMARTS) is 1. The van der Waals surface area contributed by atoms with Crippen molar-refractivity contribution in [1.82, 2.24) is 14.8 Å². The summed E-state index contributed by atoms with van der Waals surface area (Å²) < 4.78 is 57.4. The van der Waals surface area contributed by atoms with E-state index in [4.69, 9.17) is 21.0 Å². The normalized spacial score (nSPS) is 11.2. The first-order chi connectivity index (χ1) is 19.1. The first-order valence-electron chi connectivity index (χ1n) is 11.5. The second kappa shape index (κ2) is 12.0. The standard InChI is InChI=1S/C24H22N6O3S.C2HF3O2/c1-15-12-20(30(29-15)18-7-5-6-16(13-18)23(25)26)24(31)28-22-11-10-17(14-27-22)19-8-3-4-9-21(19)34(2,32)33;3-2(4,5)1(6)7/h3-14H,1-2H3,(H3,25,26)(H,27,28,31);(H,6,7). The van der Waals surface area contributed by atoms with Crippen molar-refractivity contribution >= 4 is 33.4 Å². The van der Waals surface area contributed by atoms with Crippen LogP contribution in [0.5, 0.6) is 0 Å². The van der Waals surface area contributed by atoms with E-state index in [1.165, 1.54) is 10.9 Å². The molecular weight excluding hydrogens is 565 g/mol. The Balaban J connectivity index is 0.000000587. The number of nitrogen functional groups attached to an aromatic ring is 1. The van der Waals surface area contributed by atoms with Gasteiger partial charge < -0.3 is 16.2 Å². The number of pyridine rings is 1. The largest absolute Gasteiger partial charge is 0.490 e. The maximum absolute atomic E-state index is 13.0. The number of aryl methyl sites for hydroxylation is 1. The third-order valence-electron chi connectivity index (χ3n) is 5.31. The number of sulfone groups is 1. The number of aromatic nitrogens is 3. The molecule has 5 N–H and O–H groups in total. The quantitative estimate of drug-likeness (QED) is 0.194. The number of nitrogens with two attached hydrogens (primary N) is 1. The van der Waals surface area contributed by atoms with E-state index in [-0.39, 0.29) is 16.4 Å². The van der Waals surface area contributed by atoms with Crippen molar-refractivity contribution in [3.05, 3.63) is 89.9 Å². The average Bonchev–Trinajstić information content (AvgIpc) is 3.30. The van der Waals surface area contributed by atoms with E-state index in [1.807, 2.05) is 0 Å². The van der Waals surface area contributed by atoms with Crippen LogP contribution in [0.1, 0.15) is 21.7 Å². The topological polar surface area (TPSA) is 181 Å². The number of hydrogen-bond donors (Lipinski definition) is 4. The van der Waals surface area contributed by atoms with Gasteiger partial charge in [0.1, 0.15) is 17.3 Å². The summed E-state index contributed by atoms with van der Waals surface area (Å²) in [5.74, 6) is -2.97. The number of benzene rings is 2. The zero-order chi connectivity index (χ0) is 30.5. The van der Waals surface area contributed by atoms with Crippen molar-refractivity contribution in [1.29, 1.82) is 5.41 Å². The van der Waals surface area contributed by atoms with Crippen molar-refractivity contribution in [3.63, 3.8) is 0 Å². The van der Waals surface area contributed by atoms with Crippen LogP contribution >= 0.6 is 0 Å². The van der Waals surface area contributed by atoms with Gasteiger partial charge >= 0.3 is 12.1 Å². The molecule has 4 aromatic rings. The van der Waals surface area contributed by atoms with Crippen LogP contribution < -0.4 is 11.1 Å². The van der Waals surface area contributed by atoms with Crippen LogP contribution in [0, 0.1) is 12.3 Å². The summed E-state index contributed by atoms with van der Waals surface area (Å²) in [5, 5.41) is 21.9. The highest BCUT2D eigenvalue weighted by Crippen LogP contribution is 2.27. The SMILES string of the molecule is Cc1cc(C(=O)Nc2ccc(-c3ccccc3S(C)(=O)=O)cn2)n(-c2cccc(C(=N)N)c2)n1.O=C(O)C(F)(F)F. The van der Waals surface area contributed by atoms with Crippen LogP contribution in [-0.4, -0.2) is 58.4 Å². The molecule has 0 radical (unpaired) electrons. The van der Waals surface area contributed by atoms with Crippen LogP contribution in [0.15, 0.2) is 77.8 Å². The van der Waals surface area contributed by atoms with Gasteiger partial charge in [-0.1, -0.05) is 30.3 Å². The number of nitrogens with zero attached hydrogens (tertiary/aromatic N) is 3.